The summed E-state index contributed by atoms with van der Waals surface area (Å²) in [5.74, 6) is 0.230. The minimum absolute atomic E-state index is 0.195. The number of para-hydroxylation sites is 1. The van der Waals surface area contributed by atoms with E-state index < -0.39 is 5.92 Å². The molecule has 2 aromatic carbocycles. The van der Waals surface area contributed by atoms with E-state index in [4.69, 9.17) is 0 Å². The largest absolute Gasteiger partial charge is 0.353 e. The number of dihydropyridines is 1. The van der Waals surface area contributed by atoms with Crippen LogP contribution in [-0.2, 0) is 4.79 Å². The summed E-state index contributed by atoms with van der Waals surface area (Å²) in [7, 11) is 0. The molecule has 0 fully saturated rings. The molecule has 4 nitrogen and oxygen atoms in total. The molecule has 1 atom stereocenters. The maximum absolute atomic E-state index is 13.4. The van der Waals surface area contributed by atoms with Gasteiger partial charge in [0.2, 0.25) is 0 Å². The van der Waals surface area contributed by atoms with Gasteiger partial charge in [0.05, 0.1) is 22.6 Å². The topological polar surface area (TPSA) is 64.9 Å². The van der Waals surface area contributed by atoms with Crippen molar-refractivity contribution in [3.05, 3.63) is 87.4 Å². The van der Waals surface area contributed by atoms with Crippen LogP contribution < -0.4 is 10.6 Å². The van der Waals surface area contributed by atoms with Gasteiger partial charge in [-0.2, -0.15) is 5.26 Å². The van der Waals surface area contributed by atoms with Crippen LogP contribution in [0.5, 0.6) is 0 Å². The first-order valence-corrected chi connectivity index (χ1v) is 11.6. The van der Waals surface area contributed by atoms with Gasteiger partial charge in [-0.3, -0.25) is 4.79 Å². The van der Waals surface area contributed by atoms with Crippen molar-refractivity contribution >= 4 is 44.8 Å². The average Bonchev–Trinajstić information content (AvgIpc) is 3.18. The van der Waals surface area contributed by atoms with Crippen LogP contribution >= 0.6 is 23.1 Å². The molecule has 3 aromatic rings. The van der Waals surface area contributed by atoms with Crippen molar-refractivity contribution in [2.75, 3.05) is 11.1 Å². The summed E-state index contributed by atoms with van der Waals surface area (Å²) in [6, 6.07) is 19.9. The number of amides is 1. The van der Waals surface area contributed by atoms with Gasteiger partial charge in [0, 0.05) is 21.7 Å². The van der Waals surface area contributed by atoms with E-state index in [-0.39, 0.29) is 5.91 Å². The Hall–Kier alpha value is -3.01. The standard InChI is InChI=1S/C24H21N3OS2/c1-3-29-24-18(13-25)22(19-14-30-20-12-8-7-11-17(19)20)21(15(2)26-24)23(28)27-16-9-5-4-6-10-16/h4-12,14,22,26H,3H2,1-2H3,(H,27,28). The van der Waals surface area contributed by atoms with Gasteiger partial charge in [-0.25, -0.2) is 0 Å². The number of allylic oxidation sites excluding steroid dienone is 2. The number of nitriles is 1. The molecule has 0 saturated heterocycles. The molecule has 0 saturated carbocycles. The van der Waals surface area contributed by atoms with Crippen LogP contribution in [0.3, 0.4) is 0 Å². The first-order valence-electron chi connectivity index (χ1n) is 9.71. The Morgan fingerprint density at radius 2 is 1.93 bits per heavy atom. The second kappa shape index (κ2) is 8.78. The minimum atomic E-state index is -0.412. The number of carbonyl (C=O) groups is 1. The summed E-state index contributed by atoms with van der Waals surface area (Å²) in [5.41, 5.74) is 3.68. The van der Waals surface area contributed by atoms with Crippen molar-refractivity contribution < 1.29 is 4.79 Å². The number of fused-ring (bicyclic) bond motifs is 1. The number of anilines is 1. The summed E-state index contributed by atoms with van der Waals surface area (Å²) in [6.07, 6.45) is 0. The lowest BCUT2D eigenvalue weighted by molar-refractivity contribution is -0.113. The number of rotatable bonds is 5. The number of thioether (sulfide) groups is 1. The Morgan fingerprint density at radius 1 is 1.20 bits per heavy atom. The van der Waals surface area contributed by atoms with Crippen LogP contribution in [0, 0.1) is 11.3 Å². The van der Waals surface area contributed by atoms with Gasteiger partial charge in [-0.1, -0.05) is 43.3 Å². The van der Waals surface area contributed by atoms with Crippen LogP contribution in [-0.4, -0.2) is 11.7 Å². The van der Waals surface area contributed by atoms with E-state index in [0.717, 1.165) is 37.8 Å². The summed E-state index contributed by atoms with van der Waals surface area (Å²) in [6.45, 7) is 3.96. The molecule has 1 aliphatic heterocycles. The van der Waals surface area contributed by atoms with E-state index in [1.807, 2.05) is 49.4 Å². The lowest BCUT2D eigenvalue weighted by atomic mass is 9.82. The van der Waals surface area contributed by atoms with Crippen molar-refractivity contribution in [3.63, 3.8) is 0 Å². The third kappa shape index (κ3) is 3.74. The van der Waals surface area contributed by atoms with Gasteiger partial charge >= 0.3 is 0 Å². The lowest BCUT2D eigenvalue weighted by Gasteiger charge is -2.29. The molecule has 0 spiro atoms. The SMILES string of the molecule is CCSC1=C(C#N)C(c2csc3ccccc23)C(C(=O)Nc2ccccc2)=C(C)N1. The maximum atomic E-state index is 13.4. The number of nitrogens with zero attached hydrogens (tertiary/aromatic N) is 1. The Bertz CT molecular complexity index is 1200. The van der Waals surface area contributed by atoms with Crippen molar-refractivity contribution in [2.24, 2.45) is 0 Å². The van der Waals surface area contributed by atoms with Crippen molar-refractivity contribution in [1.29, 1.82) is 5.26 Å². The van der Waals surface area contributed by atoms with Gasteiger partial charge in [0.15, 0.2) is 0 Å². The zero-order valence-electron chi connectivity index (χ0n) is 16.7. The van der Waals surface area contributed by atoms with Crippen LogP contribution in [0.4, 0.5) is 5.69 Å². The van der Waals surface area contributed by atoms with E-state index in [2.05, 4.69) is 41.1 Å². The predicted octanol–water partition coefficient (Wildman–Crippen LogP) is 5.99. The number of benzene rings is 2. The van der Waals surface area contributed by atoms with Gasteiger partial charge in [0.25, 0.3) is 5.91 Å². The zero-order valence-corrected chi connectivity index (χ0v) is 18.4. The molecule has 150 valence electrons. The molecule has 0 radical (unpaired) electrons. The third-order valence-electron chi connectivity index (χ3n) is 5.03. The fourth-order valence-electron chi connectivity index (χ4n) is 3.72. The highest BCUT2D eigenvalue weighted by molar-refractivity contribution is 8.03. The first kappa shape index (κ1) is 20.3. The van der Waals surface area contributed by atoms with E-state index >= 15 is 0 Å². The summed E-state index contributed by atoms with van der Waals surface area (Å²) < 4.78 is 1.15. The molecular weight excluding hydrogens is 410 g/mol. The van der Waals surface area contributed by atoms with E-state index in [0.29, 0.717) is 11.1 Å². The highest BCUT2D eigenvalue weighted by Crippen LogP contribution is 2.44. The van der Waals surface area contributed by atoms with Crippen LogP contribution in [0.25, 0.3) is 10.1 Å². The molecule has 1 aromatic heterocycles. The molecule has 0 bridgehead atoms. The van der Waals surface area contributed by atoms with Crippen LogP contribution in [0.2, 0.25) is 0 Å². The van der Waals surface area contributed by atoms with E-state index in [9.17, 15) is 10.1 Å². The fourth-order valence-corrected chi connectivity index (χ4v) is 5.54. The Labute approximate surface area is 184 Å². The highest BCUT2D eigenvalue weighted by Gasteiger charge is 2.35. The minimum Gasteiger partial charge on any atom is -0.353 e. The molecule has 1 unspecified atom stereocenters. The summed E-state index contributed by atoms with van der Waals surface area (Å²) >= 11 is 3.24. The number of carbonyl (C=O) groups excluding carboxylic acids is 1. The van der Waals surface area contributed by atoms with Crippen LogP contribution in [0.15, 0.2) is 81.8 Å². The molecule has 1 aliphatic rings. The normalized spacial score (nSPS) is 16.4. The van der Waals surface area contributed by atoms with Crippen molar-refractivity contribution in [1.82, 2.24) is 5.32 Å². The van der Waals surface area contributed by atoms with Gasteiger partial charge < -0.3 is 10.6 Å². The molecule has 0 aliphatic carbocycles. The Kier molecular flexibility index (Phi) is 5.93. The first-order chi connectivity index (χ1) is 14.6. The molecule has 2 N–H and O–H groups in total. The van der Waals surface area contributed by atoms with E-state index in [1.54, 1.807) is 23.1 Å². The molecule has 6 heteroatoms. The maximum Gasteiger partial charge on any atom is 0.254 e. The Morgan fingerprint density at radius 3 is 2.67 bits per heavy atom. The van der Waals surface area contributed by atoms with Gasteiger partial charge in [0.1, 0.15) is 0 Å². The summed E-state index contributed by atoms with van der Waals surface area (Å²) in [5, 5.41) is 20.4. The quantitative estimate of drug-likeness (QED) is 0.521. The van der Waals surface area contributed by atoms with Crippen molar-refractivity contribution in [2.45, 2.75) is 19.8 Å². The Balaban J connectivity index is 1.85. The highest BCUT2D eigenvalue weighted by atomic mass is 32.2. The zero-order chi connectivity index (χ0) is 21.1. The molecule has 4 rings (SSSR count). The average molecular weight is 432 g/mol. The molecule has 2 heterocycles. The predicted molar refractivity (Wildman–Crippen MR) is 126 cm³/mol. The molecule has 30 heavy (non-hydrogen) atoms. The molecular formula is C24H21N3OS2. The van der Waals surface area contributed by atoms with Gasteiger partial charge in [-0.15, -0.1) is 23.1 Å². The van der Waals surface area contributed by atoms with Crippen molar-refractivity contribution in [3.8, 4) is 6.07 Å². The fraction of sp³-hybridized carbons (Fsp3) is 0.167. The second-order valence-electron chi connectivity index (χ2n) is 6.89. The van der Waals surface area contributed by atoms with Gasteiger partial charge in [-0.05, 0) is 47.2 Å². The number of hydrogen-bond acceptors (Lipinski definition) is 5. The second-order valence-corrected chi connectivity index (χ2v) is 9.08. The van der Waals surface area contributed by atoms with E-state index in [1.165, 1.54) is 0 Å². The smallest absolute Gasteiger partial charge is 0.254 e. The number of nitrogens with one attached hydrogen (secondary N) is 2. The number of hydrogen-bond donors (Lipinski definition) is 2. The lowest BCUT2D eigenvalue weighted by Crippen LogP contribution is -2.30. The monoisotopic (exact) mass is 431 g/mol. The van der Waals surface area contributed by atoms with Crippen LogP contribution in [0.1, 0.15) is 25.3 Å². The third-order valence-corrected chi connectivity index (χ3v) is 6.92. The molecule has 1 amide bonds. The number of thiophene rings is 1. The summed E-state index contributed by atoms with van der Waals surface area (Å²) in [4.78, 5) is 13.4.